The lowest BCUT2D eigenvalue weighted by Gasteiger charge is -1.97. The van der Waals surface area contributed by atoms with Crippen LogP contribution in [0.2, 0.25) is 0 Å². The molecule has 0 atom stereocenters. The first-order chi connectivity index (χ1) is 5.74. The molecule has 0 bridgehead atoms. The van der Waals surface area contributed by atoms with Crippen molar-refractivity contribution in [3.8, 4) is 0 Å². The Kier molecular flexibility index (Phi) is 3.00. The summed E-state index contributed by atoms with van der Waals surface area (Å²) in [4.78, 5) is 0. The summed E-state index contributed by atoms with van der Waals surface area (Å²) < 4.78 is 12.8. The first-order valence-corrected chi connectivity index (χ1v) is 3.87. The second kappa shape index (κ2) is 4.02. The first-order valence-electron chi connectivity index (χ1n) is 3.87. The average Bonchev–Trinajstić information content (AvgIpc) is 2.07. The minimum Gasteiger partial charge on any atom is -0.327 e. The lowest BCUT2D eigenvalue weighted by Crippen LogP contribution is -1.92. The van der Waals surface area contributed by atoms with Crippen LogP contribution in [-0.2, 0) is 0 Å². The number of benzene rings is 1. The quantitative estimate of drug-likeness (QED) is 0.713. The van der Waals surface area contributed by atoms with Gasteiger partial charge in [0.05, 0.1) is 0 Å². The molecule has 1 aromatic carbocycles. The largest absolute Gasteiger partial charge is 0.327 e. The third-order valence-electron chi connectivity index (χ3n) is 1.63. The summed E-state index contributed by atoms with van der Waals surface area (Å²) in [6.07, 6.45) is 3.72. The topological polar surface area (TPSA) is 26.0 Å². The number of hydrogen-bond acceptors (Lipinski definition) is 1. The molecule has 0 heterocycles. The smallest absolute Gasteiger partial charge is 0.126 e. The molecule has 1 aromatic rings. The molecule has 0 radical (unpaired) electrons. The van der Waals surface area contributed by atoms with Crippen molar-refractivity contribution < 1.29 is 4.39 Å². The standard InChI is InChI=1S/C10H12FN/c1-8-7-9(3-2-6-12)4-5-10(8)11/h2-5,7H,6,12H2,1H3/b3-2+. The van der Waals surface area contributed by atoms with E-state index in [2.05, 4.69) is 0 Å². The predicted molar refractivity (Wildman–Crippen MR) is 49.2 cm³/mol. The van der Waals surface area contributed by atoms with Crippen molar-refractivity contribution in [1.29, 1.82) is 0 Å². The van der Waals surface area contributed by atoms with E-state index in [1.54, 1.807) is 19.1 Å². The summed E-state index contributed by atoms with van der Waals surface area (Å²) in [5.74, 6) is -0.167. The Labute approximate surface area is 71.7 Å². The molecule has 0 aliphatic rings. The van der Waals surface area contributed by atoms with Crippen LogP contribution in [0, 0.1) is 12.7 Å². The zero-order chi connectivity index (χ0) is 8.97. The van der Waals surface area contributed by atoms with Crippen LogP contribution in [0.1, 0.15) is 11.1 Å². The minimum atomic E-state index is -0.167. The molecule has 1 nitrogen and oxygen atoms in total. The van der Waals surface area contributed by atoms with Gasteiger partial charge in [0.1, 0.15) is 5.82 Å². The molecular formula is C10H12FN. The van der Waals surface area contributed by atoms with E-state index in [1.165, 1.54) is 6.07 Å². The van der Waals surface area contributed by atoms with Crippen LogP contribution in [0.4, 0.5) is 4.39 Å². The van der Waals surface area contributed by atoms with Crippen molar-refractivity contribution in [1.82, 2.24) is 0 Å². The Hall–Kier alpha value is -1.15. The lowest BCUT2D eigenvalue weighted by molar-refractivity contribution is 0.618. The Morgan fingerprint density at radius 2 is 2.25 bits per heavy atom. The Morgan fingerprint density at radius 3 is 2.83 bits per heavy atom. The molecule has 2 N–H and O–H groups in total. The Morgan fingerprint density at radius 1 is 1.50 bits per heavy atom. The predicted octanol–water partition coefficient (Wildman–Crippen LogP) is 2.11. The first kappa shape index (κ1) is 8.94. The van der Waals surface area contributed by atoms with Gasteiger partial charge in [-0.15, -0.1) is 0 Å². The fourth-order valence-electron chi connectivity index (χ4n) is 0.976. The van der Waals surface area contributed by atoms with E-state index in [-0.39, 0.29) is 5.82 Å². The summed E-state index contributed by atoms with van der Waals surface area (Å²) in [5, 5.41) is 0. The van der Waals surface area contributed by atoms with Gasteiger partial charge in [-0.3, -0.25) is 0 Å². The van der Waals surface area contributed by atoms with Crippen molar-refractivity contribution in [2.75, 3.05) is 6.54 Å². The molecule has 2 heteroatoms. The normalized spacial score (nSPS) is 10.9. The molecular weight excluding hydrogens is 153 g/mol. The van der Waals surface area contributed by atoms with Gasteiger partial charge in [0.2, 0.25) is 0 Å². The third-order valence-corrected chi connectivity index (χ3v) is 1.63. The summed E-state index contributed by atoms with van der Waals surface area (Å²) in [7, 11) is 0. The lowest BCUT2D eigenvalue weighted by atomic mass is 10.1. The Bertz CT molecular complexity index is 292. The highest BCUT2D eigenvalue weighted by Crippen LogP contribution is 2.10. The maximum absolute atomic E-state index is 12.8. The summed E-state index contributed by atoms with van der Waals surface area (Å²) >= 11 is 0. The summed E-state index contributed by atoms with van der Waals surface area (Å²) in [5.41, 5.74) is 6.93. The fourth-order valence-corrected chi connectivity index (χ4v) is 0.976. The zero-order valence-electron chi connectivity index (χ0n) is 7.05. The van der Waals surface area contributed by atoms with Gasteiger partial charge in [0.25, 0.3) is 0 Å². The van der Waals surface area contributed by atoms with Gasteiger partial charge >= 0.3 is 0 Å². The second-order valence-corrected chi connectivity index (χ2v) is 2.65. The number of halogens is 1. The summed E-state index contributed by atoms with van der Waals surface area (Å²) in [6, 6.07) is 4.99. The van der Waals surface area contributed by atoms with E-state index in [0.29, 0.717) is 12.1 Å². The van der Waals surface area contributed by atoms with Gasteiger partial charge in [0, 0.05) is 6.54 Å². The zero-order valence-corrected chi connectivity index (χ0v) is 7.05. The molecule has 0 aliphatic carbocycles. The molecule has 1 rings (SSSR count). The number of nitrogens with two attached hydrogens (primary N) is 1. The van der Waals surface area contributed by atoms with E-state index >= 15 is 0 Å². The van der Waals surface area contributed by atoms with E-state index in [9.17, 15) is 4.39 Å². The molecule has 0 amide bonds. The maximum Gasteiger partial charge on any atom is 0.126 e. The van der Waals surface area contributed by atoms with Crippen LogP contribution in [-0.4, -0.2) is 6.54 Å². The SMILES string of the molecule is Cc1cc(/C=C/CN)ccc1F. The van der Waals surface area contributed by atoms with Crippen molar-refractivity contribution in [2.45, 2.75) is 6.92 Å². The maximum atomic E-state index is 12.8. The van der Waals surface area contributed by atoms with Crippen molar-refractivity contribution in [3.05, 3.63) is 41.2 Å². The average molecular weight is 165 g/mol. The van der Waals surface area contributed by atoms with E-state index < -0.39 is 0 Å². The number of hydrogen-bond donors (Lipinski definition) is 1. The highest BCUT2D eigenvalue weighted by Gasteiger charge is 1.95. The molecule has 0 saturated carbocycles. The minimum absolute atomic E-state index is 0.167. The van der Waals surface area contributed by atoms with Crippen molar-refractivity contribution in [3.63, 3.8) is 0 Å². The van der Waals surface area contributed by atoms with Crippen LogP contribution in [0.5, 0.6) is 0 Å². The highest BCUT2D eigenvalue weighted by atomic mass is 19.1. The monoisotopic (exact) mass is 165 g/mol. The van der Waals surface area contributed by atoms with Gasteiger partial charge in [-0.05, 0) is 30.2 Å². The van der Waals surface area contributed by atoms with Gasteiger partial charge < -0.3 is 5.73 Å². The third kappa shape index (κ3) is 2.17. The number of aryl methyl sites for hydroxylation is 1. The molecule has 0 spiro atoms. The molecule has 0 saturated heterocycles. The fraction of sp³-hybridized carbons (Fsp3) is 0.200. The second-order valence-electron chi connectivity index (χ2n) is 2.65. The van der Waals surface area contributed by atoms with Crippen LogP contribution < -0.4 is 5.73 Å². The van der Waals surface area contributed by atoms with Crippen molar-refractivity contribution in [2.24, 2.45) is 5.73 Å². The summed E-state index contributed by atoms with van der Waals surface area (Å²) in [6.45, 7) is 2.26. The van der Waals surface area contributed by atoms with Crippen LogP contribution in [0.3, 0.4) is 0 Å². The van der Waals surface area contributed by atoms with Gasteiger partial charge in [-0.2, -0.15) is 0 Å². The van der Waals surface area contributed by atoms with E-state index in [1.807, 2.05) is 12.2 Å². The molecule has 12 heavy (non-hydrogen) atoms. The highest BCUT2D eigenvalue weighted by molar-refractivity contribution is 5.50. The number of rotatable bonds is 2. The van der Waals surface area contributed by atoms with E-state index in [0.717, 1.165) is 5.56 Å². The van der Waals surface area contributed by atoms with Crippen molar-refractivity contribution >= 4 is 6.08 Å². The van der Waals surface area contributed by atoms with Gasteiger partial charge in [-0.1, -0.05) is 18.2 Å². The van der Waals surface area contributed by atoms with Gasteiger partial charge in [0.15, 0.2) is 0 Å². The molecule has 0 fully saturated rings. The van der Waals surface area contributed by atoms with Gasteiger partial charge in [-0.25, -0.2) is 4.39 Å². The molecule has 0 unspecified atom stereocenters. The van der Waals surface area contributed by atoms with Crippen LogP contribution >= 0.6 is 0 Å². The Balaban J connectivity index is 2.89. The molecule has 0 aromatic heterocycles. The van der Waals surface area contributed by atoms with Crippen LogP contribution in [0.15, 0.2) is 24.3 Å². The van der Waals surface area contributed by atoms with E-state index in [4.69, 9.17) is 5.73 Å². The molecule has 64 valence electrons. The van der Waals surface area contributed by atoms with Crippen LogP contribution in [0.25, 0.3) is 6.08 Å². The molecule has 0 aliphatic heterocycles.